The van der Waals surface area contributed by atoms with E-state index in [0.717, 1.165) is 17.0 Å². The van der Waals surface area contributed by atoms with E-state index < -0.39 is 0 Å². The van der Waals surface area contributed by atoms with E-state index in [9.17, 15) is 4.39 Å². The minimum absolute atomic E-state index is 0.267. The van der Waals surface area contributed by atoms with Crippen molar-refractivity contribution in [1.29, 1.82) is 0 Å². The van der Waals surface area contributed by atoms with Crippen molar-refractivity contribution in [3.8, 4) is 5.75 Å². The number of rotatable bonds is 4. The molecule has 0 aliphatic heterocycles. The molecule has 18 heavy (non-hydrogen) atoms. The maximum atomic E-state index is 13.1. The summed E-state index contributed by atoms with van der Waals surface area (Å²) in [6.07, 6.45) is 0. The molecule has 4 heteroatoms. The largest absolute Gasteiger partial charge is 0.489 e. The zero-order valence-electron chi connectivity index (χ0n) is 9.91. The molecule has 0 spiro atoms. The Morgan fingerprint density at radius 1 is 1.17 bits per heavy atom. The highest BCUT2D eigenvalue weighted by molar-refractivity contribution is 9.10. The van der Waals surface area contributed by atoms with E-state index in [0.29, 0.717) is 11.1 Å². The summed E-state index contributed by atoms with van der Waals surface area (Å²) < 4.78 is 19.1. The molecule has 2 rings (SSSR count). The first-order valence-electron chi connectivity index (χ1n) is 5.53. The molecule has 0 heterocycles. The van der Waals surface area contributed by atoms with Crippen LogP contribution in [0.15, 0.2) is 46.9 Å². The lowest BCUT2D eigenvalue weighted by Crippen LogP contribution is -1.96. The Balaban J connectivity index is 1.99. The maximum Gasteiger partial charge on any atom is 0.137 e. The summed E-state index contributed by atoms with van der Waals surface area (Å²) in [6, 6.07) is 12.5. The summed E-state index contributed by atoms with van der Waals surface area (Å²) in [5.41, 5.74) is 1.95. The van der Waals surface area contributed by atoms with E-state index in [-0.39, 0.29) is 5.82 Å². The van der Waals surface area contributed by atoms with Gasteiger partial charge in [0.05, 0.1) is 4.47 Å². The van der Waals surface area contributed by atoms with Crippen LogP contribution in [-0.2, 0) is 6.61 Å². The summed E-state index contributed by atoms with van der Waals surface area (Å²) in [6.45, 7) is 0.414. The number of hydrogen-bond acceptors (Lipinski definition) is 2. The monoisotopic (exact) mass is 309 g/mol. The van der Waals surface area contributed by atoms with Crippen LogP contribution in [0.3, 0.4) is 0 Å². The molecule has 0 bridgehead atoms. The Hall–Kier alpha value is -1.55. The van der Waals surface area contributed by atoms with Gasteiger partial charge in [0.15, 0.2) is 0 Å². The first-order chi connectivity index (χ1) is 8.69. The average molecular weight is 310 g/mol. The molecule has 0 fully saturated rings. The van der Waals surface area contributed by atoms with Crippen LogP contribution in [0.2, 0.25) is 0 Å². The van der Waals surface area contributed by atoms with Crippen LogP contribution in [0.25, 0.3) is 0 Å². The van der Waals surface area contributed by atoms with Crippen LogP contribution in [0.1, 0.15) is 5.56 Å². The van der Waals surface area contributed by atoms with Gasteiger partial charge in [-0.1, -0.05) is 6.07 Å². The SMILES string of the molecule is CNc1ccc(OCc2ccc(F)c(Br)c2)cc1. The van der Waals surface area contributed by atoms with E-state index in [1.165, 1.54) is 6.07 Å². The Morgan fingerprint density at radius 3 is 2.50 bits per heavy atom. The molecule has 2 aromatic carbocycles. The predicted octanol–water partition coefficient (Wildman–Crippen LogP) is 4.21. The Kier molecular flexibility index (Phi) is 4.20. The lowest BCUT2D eigenvalue weighted by molar-refractivity contribution is 0.306. The second kappa shape index (κ2) is 5.87. The molecule has 0 aliphatic rings. The minimum Gasteiger partial charge on any atom is -0.489 e. The van der Waals surface area contributed by atoms with Gasteiger partial charge in [0.25, 0.3) is 0 Å². The second-order valence-electron chi connectivity index (χ2n) is 3.81. The molecule has 0 amide bonds. The highest BCUT2D eigenvalue weighted by Gasteiger charge is 2.01. The summed E-state index contributed by atoms with van der Waals surface area (Å²) >= 11 is 3.15. The van der Waals surface area contributed by atoms with E-state index in [4.69, 9.17) is 4.74 Å². The van der Waals surface area contributed by atoms with Crippen LogP contribution < -0.4 is 10.1 Å². The molecule has 94 valence electrons. The predicted molar refractivity (Wildman–Crippen MR) is 74.4 cm³/mol. The number of anilines is 1. The van der Waals surface area contributed by atoms with Crippen molar-refractivity contribution in [2.24, 2.45) is 0 Å². The summed E-state index contributed by atoms with van der Waals surface area (Å²) in [7, 11) is 1.87. The molecule has 0 saturated heterocycles. The first-order valence-corrected chi connectivity index (χ1v) is 6.33. The van der Waals surface area contributed by atoms with Crippen molar-refractivity contribution < 1.29 is 9.13 Å². The van der Waals surface area contributed by atoms with E-state index in [1.807, 2.05) is 31.3 Å². The highest BCUT2D eigenvalue weighted by Crippen LogP contribution is 2.19. The van der Waals surface area contributed by atoms with Gasteiger partial charge in [0.2, 0.25) is 0 Å². The van der Waals surface area contributed by atoms with Gasteiger partial charge in [-0.2, -0.15) is 0 Å². The van der Waals surface area contributed by atoms with Crippen molar-refractivity contribution in [2.45, 2.75) is 6.61 Å². The molecule has 0 aromatic heterocycles. The third kappa shape index (κ3) is 3.23. The summed E-state index contributed by atoms with van der Waals surface area (Å²) in [5, 5.41) is 3.04. The maximum absolute atomic E-state index is 13.1. The first kappa shape index (κ1) is 12.9. The number of halogens is 2. The summed E-state index contributed by atoms with van der Waals surface area (Å²) in [4.78, 5) is 0. The van der Waals surface area contributed by atoms with Crippen LogP contribution in [0.5, 0.6) is 5.75 Å². The molecule has 1 N–H and O–H groups in total. The molecule has 0 saturated carbocycles. The Morgan fingerprint density at radius 2 is 1.89 bits per heavy atom. The fraction of sp³-hybridized carbons (Fsp3) is 0.143. The summed E-state index contributed by atoms with van der Waals surface area (Å²) in [5.74, 6) is 0.520. The number of ether oxygens (including phenoxy) is 1. The smallest absolute Gasteiger partial charge is 0.137 e. The molecule has 0 aliphatic carbocycles. The third-order valence-electron chi connectivity index (χ3n) is 2.53. The topological polar surface area (TPSA) is 21.3 Å². The molecule has 2 nitrogen and oxygen atoms in total. The second-order valence-corrected chi connectivity index (χ2v) is 4.67. The van der Waals surface area contributed by atoms with Crippen LogP contribution in [0, 0.1) is 5.82 Å². The molecule has 0 radical (unpaired) electrons. The number of hydrogen-bond donors (Lipinski definition) is 1. The zero-order chi connectivity index (χ0) is 13.0. The van der Waals surface area contributed by atoms with E-state index >= 15 is 0 Å². The normalized spacial score (nSPS) is 10.2. The highest BCUT2D eigenvalue weighted by atomic mass is 79.9. The molecular formula is C14H13BrFNO. The van der Waals surface area contributed by atoms with Gasteiger partial charge < -0.3 is 10.1 Å². The molecule has 0 unspecified atom stereocenters. The van der Waals surface area contributed by atoms with Crippen LogP contribution >= 0.6 is 15.9 Å². The van der Waals surface area contributed by atoms with Crippen molar-refractivity contribution >= 4 is 21.6 Å². The average Bonchev–Trinajstić information content (AvgIpc) is 2.41. The van der Waals surface area contributed by atoms with Gasteiger partial charge >= 0.3 is 0 Å². The van der Waals surface area contributed by atoms with E-state index in [1.54, 1.807) is 12.1 Å². The van der Waals surface area contributed by atoms with Gasteiger partial charge in [-0.15, -0.1) is 0 Å². The standard InChI is InChI=1S/C14H13BrFNO/c1-17-11-3-5-12(6-4-11)18-9-10-2-7-14(16)13(15)8-10/h2-8,17H,9H2,1H3. The van der Waals surface area contributed by atoms with Gasteiger partial charge in [-0.3, -0.25) is 0 Å². The van der Waals surface area contributed by atoms with Gasteiger partial charge in [-0.05, 0) is 57.9 Å². The molecular weight excluding hydrogens is 297 g/mol. The quantitative estimate of drug-likeness (QED) is 0.913. The number of benzene rings is 2. The van der Waals surface area contributed by atoms with Crippen molar-refractivity contribution in [3.05, 3.63) is 58.3 Å². The van der Waals surface area contributed by atoms with Gasteiger partial charge in [0.1, 0.15) is 18.2 Å². The fourth-order valence-corrected chi connectivity index (χ4v) is 1.94. The molecule has 2 aromatic rings. The lowest BCUT2D eigenvalue weighted by atomic mass is 10.2. The van der Waals surface area contributed by atoms with Crippen LogP contribution in [0.4, 0.5) is 10.1 Å². The fourth-order valence-electron chi connectivity index (χ4n) is 1.51. The third-order valence-corrected chi connectivity index (χ3v) is 3.14. The van der Waals surface area contributed by atoms with Crippen LogP contribution in [-0.4, -0.2) is 7.05 Å². The van der Waals surface area contributed by atoms with Crippen molar-refractivity contribution in [1.82, 2.24) is 0 Å². The molecule has 0 atom stereocenters. The van der Waals surface area contributed by atoms with E-state index in [2.05, 4.69) is 21.2 Å². The zero-order valence-corrected chi connectivity index (χ0v) is 11.5. The Bertz CT molecular complexity index is 528. The minimum atomic E-state index is -0.267. The number of nitrogens with one attached hydrogen (secondary N) is 1. The van der Waals surface area contributed by atoms with Gasteiger partial charge in [-0.25, -0.2) is 4.39 Å². The van der Waals surface area contributed by atoms with Crippen molar-refractivity contribution in [3.63, 3.8) is 0 Å². The van der Waals surface area contributed by atoms with Crippen molar-refractivity contribution in [2.75, 3.05) is 12.4 Å². The lowest BCUT2D eigenvalue weighted by Gasteiger charge is -2.08. The van der Waals surface area contributed by atoms with Gasteiger partial charge in [0, 0.05) is 12.7 Å². The Labute approximate surface area is 114 Å².